The van der Waals surface area contributed by atoms with Crippen molar-refractivity contribution in [1.29, 1.82) is 0 Å². The van der Waals surface area contributed by atoms with Gasteiger partial charge in [-0.25, -0.2) is 0 Å². The first-order valence-corrected chi connectivity index (χ1v) is 28.4. The normalized spacial score (nSPS) is 12.6. The van der Waals surface area contributed by atoms with Crippen molar-refractivity contribution in [3.8, 4) is 0 Å². The van der Waals surface area contributed by atoms with Crippen LogP contribution in [0.5, 0.6) is 0 Å². The van der Waals surface area contributed by atoms with Crippen LogP contribution in [0.2, 0.25) is 0 Å². The van der Waals surface area contributed by atoms with Crippen LogP contribution in [0, 0.1) is 0 Å². The number of nitrogens with one attached hydrogen (secondary N) is 1. The van der Waals surface area contributed by atoms with Gasteiger partial charge in [0, 0.05) is 12.8 Å². The summed E-state index contributed by atoms with van der Waals surface area (Å²) in [5.74, 6) is -0.0714. The summed E-state index contributed by atoms with van der Waals surface area (Å²) in [5.41, 5.74) is 0. The first kappa shape index (κ1) is 61.6. The second-order valence-corrected chi connectivity index (χ2v) is 19.6. The zero-order valence-corrected chi connectivity index (χ0v) is 42.6. The maximum Gasteiger partial charge on any atom is 0.305 e. The van der Waals surface area contributed by atoms with E-state index in [-0.39, 0.29) is 18.5 Å². The predicted octanol–water partition coefficient (Wildman–Crippen LogP) is 17.3. The van der Waals surface area contributed by atoms with Crippen molar-refractivity contribution in [2.24, 2.45) is 0 Å². The third-order valence-corrected chi connectivity index (χ3v) is 13.3. The summed E-state index contributed by atoms with van der Waals surface area (Å²) in [6.45, 7) is 4.93. The van der Waals surface area contributed by atoms with Crippen molar-refractivity contribution in [2.75, 3.05) is 13.2 Å². The minimum atomic E-state index is -0.681. The maximum atomic E-state index is 12.5. The number of amides is 1. The van der Waals surface area contributed by atoms with E-state index in [2.05, 4.69) is 31.3 Å². The molecule has 0 saturated carbocycles. The number of aliphatic hydroxyl groups excluding tert-OH is 2. The van der Waals surface area contributed by atoms with E-state index in [4.69, 9.17) is 4.74 Å². The highest BCUT2D eigenvalue weighted by atomic mass is 16.5. The van der Waals surface area contributed by atoms with Gasteiger partial charge in [-0.1, -0.05) is 264 Å². The largest absolute Gasteiger partial charge is 0.466 e. The Balaban J connectivity index is 3.48. The second-order valence-electron chi connectivity index (χ2n) is 19.6. The van der Waals surface area contributed by atoms with Gasteiger partial charge in [-0.15, -0.1) is 0 Å². The van der Waals surface area contributed by atoms with Gasteiger partial charge in [0.15, 0.2) is 0 Å². The molecule has 0 aromatic carbocycles. The first-order valence-electron chi connectivity index (χ1n) is 28.4. The Morgan fingerprint density at radius 1 is 0.429 bits per heavy atom. The Morgan fingerprint density at radius 3 is 1.14 bits per heavy atom. The van der Waals surface area contributed by atoms with Crippen LogP contribution < -0.4 is 5.32 Å². The smallest absolute Gasteiger partial charge is 0.305 e. The van der Waals surface area contributed by atoms with Gasteiger partial charge >= 0.3 is 5.97 Å². The van der Waals surface area contributed by atoms with E-state index in [1.807, 2.05) is 0 Å². The fourth-order valence-corrected chi connectivity index (χ4v) is 8.93. The number of carbonyl (C=O) groups excluding carboxylic acids is 2. The van der Waals surface area contributed by atoms with E-state index in [9.17, 15) is 19.8 Å². The topological polar surface area (TPSA) is 95.9 Å². The Kier molecular flexibility index (Phi) is 52.0. The van der Waals surface area contributed by atoms with E-state index in [1.165, 1.54) is 212 Å². The molecule has 0 bridgehead atoms. The van der Waals surface area contributed by atoms with Crippen molar-refractivity contribution < 1.29 is 24.5 Å². The zero-order valence-electron chi connectivity index (χ0n) is 42.6. The van der Waals surface area contributed by atoms with E-state index >= 15 is 0 Å². The average Bonchev–Trinajstić information content (AvgIpc) is 3.28. The number of rotatable bonds is 53. The van der Waals surface area contributed by atoms with Gasteiger partial charge in [-0.3, -0.25) is 9.59 Å². The molecule has 0 saturated heterocycles. The van der Waals surface area contributed by atoms with Gasteiger partial charge in [-0.2, -0.15) is 0 Å². The van der Waals surface area contributed by atoms with Gasteiger partial charge in [0.2, 0.25) is 5.91 Å². The molecule has 0 spiro atoms. The molecule has 6 heteroatoms. The number of aliphatic hydroxyl groups is 2. The molecule has 0 heterocycles. The van der Waals surface area contributed by atoms with Crippen LogP contribution in [0.15, 0.2) is 12.2 Å². The number of hydrogen-bond acceptors (Lipinski definition) is 5. The minimum absolute atomic E-state index is 0.00954. The molecule has 63 heavy (non-hydrogen) atoms. The lowest BCUT2D eigenvalue weighted by Gasteiger charge is -2.22. The van der Waals surface area contributed by atoms with Crippen molar-refractivity contribution >= 4 is 11.9 Å². The third kappa shape index (κ3) is 49.9. The van der Waals surface area contributed by atoms with Crippen molar-refractivity contribution in [3.63, 3.8) is 0 Å². The van der Waals surface area contributed by atoms with E-state index in [1.54, 1.807) is 0 Å². The van der Waals surface area contributed by atoms with Crippen LogP contribution in [-0.2, 0) is 14.3 Å². The van der Waals surface area contributed by atoms with Gasteiger partial charge < -0.3 is 20.3 Å². The number of unbranched alkanes of at least 4 members (excludes halogenated alkanes) is 40. The van der Waals surface area contributed by atoms with E-state index < -0.39 is 12.1 Å². The van der Waals surface area contributed by atoms with Crippen LogP contribution >= 0.6 is 0 Å². The summed E-state index contributed by atoms with van der Waals surface area (Å²) in [6.07, 6.45) is 61.9. The second kappa shape index (κ2) is 53.2. The molecule has 0 aromatic heterocycles. The number of carbonyl (C=O) groups is 2. The summed E-state index contributed by atoms with van der Waals surface area (Å²) in [5, 5.41) is 23.3. The predicted molar refractivity (Wildman–Crippen MR) is 273 cm³/mol. The molecule has 374 valence electrons. The Bertz CT molecular complexity index is 939. The van der Waals surface area contributed by atoms with E-state index in [0.29, 0.717) is 25.9 Å². The highest BCUT2D eigenvalue weighted by Crippen LogP contribution is 2.17. The lowest BCUT2D eigenvalue weighted by Crippen LogP contribution is -2.45. The third-order valence-electron chi connectivity index (χ3n) is 13.3. The number of ether oxygens (including phenoxy) is 1. The van der Waals surface area contributed by atoms with Gasteiger partial charge in [0.1, 0.15) is 0 Å². The van der Waals surface area contributed by atoms with E-state index in [0.717, 1.165) is 70.6 Å². The summed E-state index contributed by atoms with van der Waals surface area (Å²) < 4.78 is 5.46. The number of hydrogen-bond donors (Lipinski definition) is 3. The molecule has 0 aliphatic carbocycles. The van der Waals surface area contributed by atoms with Gasteiger partial charge in [0.25, 0.3) is 0 Å². The molecular weight excluding hydrogens is 779 g/mol. The van der Waals surface area contributed by atoms with Crippen molar-refractivity contribution in [3.05, 3.63) is 12.2 Å². The molecule has 0 aliphatic rings. The highest BCUT2D eigenvalue weighted by Gasteiger charge is 2.20. The van der Waals surface area contributed by atoms with Crippen LogP contribution in [0.1, 0.15) is 316 Å². The molecular formula is C57H111NO5. The first-order chi connectivity index (χ1) is 31.0. The molecule has 1 amide bonds. The number of esters is 1. The lowest BCUT2D eigenvalue weighted by atomic mass is 10.0. The zero-order chi connectivity index (χ0) is 45.8. The minimum Gasteiger partial charge on any atom is -0.466 e. The fourth-order valence-electron chi connectivity index (χ4n) is 8.93. The van der Waals surface area contributed by atoms with Crippen LogP contribution in [-0.4, -0.2) is 47.4 Å². The molecule has 0 fully saturated rings. The summed E-state index contributed by atoms with van der Waals surface area (Å²) >= 11 is 0. The molecule has 0 rings (SSSR count). The highest BCUT2D eigenvalue weighted by molar-refractivity contribution is 5.76. The Morgan fingerprint density at radius 2 is 0.746 bits per heavy atom. The molecule has 2 atom stereocenters. The monoisotopic (exact) mass is 890 g/mol. The van der Waals surface area contributed by atoms with Crippen LogP contribution in [0.4, 0.5) is 0 Å². The molecule has 0 aromatic rings. The molecule has 6 nitrogen and oxygen atoms in total. The summed E-state index contributed by atoms with van der Waals surface area (Å²) in [4.78, 5) is 24.5. The Labute approximate surface area is 393 Å². The van der Waals surface area contributed by atoms with Crippen LogP contribution in [0.25, 0.3) is 0 Å². The van der Waals surface area contributed by atoms with Gasteiger partial charge in [0.05, 0.1) is 25.4 Å². The van der Waals surface area contributed by atoms with Crippen molar-refractivity contribution in [1.82, 2.24) is 5.32 Å². The number of allylic oxidation sites excluding steroid dienone is 2. The maximum absolute atomic E-state index is 12.5. The quantitative estimate of drug-likeness (QED) is 0.0321. The molecule has 2 unspecified atom stereocenters. The summed E-state index contributed by atoms with van der Waals surface area (Å²) in [7, 11) is 0. The molecule has 0 radical (unpaired) electrons. The SMILES string of the molecule is CCCCCCCCCCCCCCCCCCCCCC(O)C(CO)NC(=O)CCCCC/C=C\CCCCCCCCOC(=O)CCCCCCCCCCCCCCCC. The van der Waals surface area contributed by atoms with Gasteiger partial charge in [-0.05, 0) is 51.4 Å². The Hall–Kier alpha value is -1.40. The standard InChI is InChI=1S/C57H111NO5/c1-3-5-7-9-11-13-15-17-19-20-21-22-23-25-29-33-37-41-45-49-55(60)54(53-59)58-56(61)50-46-42-38-34-30-26-24-28-32-36-40-44-48-52-63-57(62)51-47-43-39-35-31-27-18-16-14-12-10-8-6-4-2/h26,30,54-55,59-60H,3-25,27-29,31-53H2,1-2H3,(H,58,61)/b30-26-. The van der Waals surface area contributed by atoms with Crippen LogP contribution in [0.3, 0.4) is 0 Å². The molecule has 0 aliphatic heterocycles. The average molecular weight is 891 g/mol. The molecule has 3 N–H and O–H groups in total. The summed E-state index contributed by atoms with van der Waals surface area (Å²) in [6, 6.07) is -0.561. The van der Waals surface area contributed by atoms with Crippen molar-refractivity contribution in [2.45, 2.75) is 328 Å². The lowest BCUT2D eigenvalue weighted by molar-refractivity contribution is -0.143. The fraction of sp³-hybridized carbons (Fsp3) is 0.930.